The highest BCUT2D eigenvalue weighted by molar-refractivity contribution is 6.50. The van der Waals surface area contributed by atoms with Gasteiger partial charge in [-0.05, 0) is 13.3 Å². The summed E-state index contributed by atoms with van der Waals surface area (Å²) in [6, 6.07) is 1.90. The van der Waals surface area contributed by atoms with E-state index in [2.05, 4.69) is 15.3 Å². The quantitative estimate of drug-likeness (QED) is 0.813. The highest BCUT2D eigenvalue weighted by atomic mass is 35.5. The van der Waals surface area contributed by atoms with Crippen LogP contribution in [-0.2, 0) is 0 Å². The van der Waals surface area contributed by atoms with Crippen LogP contribution in [0.4, 0.5) is 5.82 Å². The molecule has 1 aromatic rings. The lowest BCUT2D eigenvalue weighted by molar-refractivity contribution is 0.866. The molecule has 3 nitrogen and oxygen atoms in total. The van der Waals surface area contributed by atoms with Crippen LogP contribution in [0.5, 0.6) is 0 Å². The first-order valence-electron chi connectivity index (χ1n) is 4.48. The highest BCUT2D eigenvalue weighted by Gasteiger charge is 2.51. The van der Waals surface area contributed by atoms with Crippen LogP contribution in [0.2, 0.25) is 0 Å². The molecule has 0 aromatic carbocycles. The summed E-state index contributed by atoms with van der Waals surface area (Å²) in [4.78, 5) is 8.09. The van der Waals surface area contributed by atoms with Gasteiger partial charge in [0, 0.05) is 24.2 Å². The van der Waals surface area contributed by atoms with Crippen LogP contribution in [0.3, 0.4) is 0 Å². The molecule has 1 aliphatic rings. The molecule has 2 rings (SSSR count). The standard InChI is InChI=1S/C9H11Cl2N3/c1-6-2-8(14-5-13-6)12-4-7-3-9(7,10)11/h2,5,7H,3-4H2,1H3,(H,12,13,14). The molecular formula is C9H11Cl2N3. The molecule has 5 heteroatoms. The number of rotatable bonds is 3. The largest absolute Gasteiger partial charge is 0.370 e. The highest BCUT2D eigenvalue weighted by Crippen LogP contribution is 2.52. The minimum atomic E-state index is -0.519. The number of nitrogens with zero attached hydrogens (tertiary/aromatic N) is 2. The van der Waals surface area contributed by atoms with Crippen molar-refractivity contribution in [3.05, 3.63) is 18.1 Å². The maximum absolute atomic E-state index is 5.90. The van der Waals surface area contributed by atoms with Crippen molar-refractivity contribution in [1.82, 2.24) is 9.97 Å². The Morgan fingerprint density at radius 3 is 2.86 bits per heavy atom. The molecule has 0 spiro atoms. The van der Waals surface area contributed by atoms with Gasteiger partial charge in [-0.25, -0.2) is 9.97 Å². The zero-order valence-electron chi connectivity index (χ0n) is 7.80. The maximum atomic E-state index is 5.90. The predicted molar refractivity (Wildman–Crippen MR) is 57.8 cm³/mol. The summed E-state index contributed by atoms with van der Waals surface area (Å²) in [6.07, 6.45) is 2.40. The molecular weight excluding hydrogens is 221 g/mol. The zero-order valence-corrected chi connectivity index (χ0v) is 9.31. The predicted octanol–water partition coefficient (Wildman–Crippen LogP) is 2.39. The second kappa shape index (κ2) is 3.55. The van der Waals surface area contributed by atoms with Gasteiger partial charge in [0.15, 0.2) is 0 Å². The van der Waals surface area contributed by atoms with Crippen LogP contribution in [0.25, 0.3) is 0 Å². The normalized spacial score (nSPS) is 23.2. The van der Waals surface area contributed by atoms with Gasteiger partial charge in [0.25, 0.3) is 0 Å². The van der Waals surface area contributed by atoms with Gasteiger partial charge >= 0.3 is 0 Å². The van der Waals surface area contributed by atoms with Crippen molar-refractivity contribution in [1.29, 1.82) is 0 Å². The van der Waals surface area contributed by atoms with Gasteiger partial charge in [0.2, 0.25) is 0 Å². The first kappa shape index (κ1) is 9.99. The number of anilines is 1. The van der Waals surface area contributed by atoms with E-state index in [1.54, 1.807) is 6.33 Å². The minimum Gasteiger partial charge on any atom is -0.370 e. The average Bonchev–Trinajstić information content (AvgIpc) is 2.71. The van der Waals surface area contributed by atoms with E-state index >= 15 is 0 Å². The Balaban J connectivity index is 1.87. The zero-order chi connectivity index (χ0) is 10.2. The van der Waals surface area contributed by atoms with Crippen molar-refractivity contribution in [2.75, 3.05) is 11.9 Å². The van der Waals surface area contributed by atoms with Gasteiger partial charge in [-0.15, -0.1) is 23.2 Å². The van der Waals surface area contributed by atoms with Crippen molar-refractivity contribution < 1.29 is 0 Å². The van der Waals surface area contributed by atoms with Gasteiger partial charge in [0.1, 0.15) is 16.5 Å². The molecule has 1 heterocycles. The Morgan fingerprint density at radius 2 is 2.29 bits per heavy atom. The molecule has 1 fully saturated rings. The third-order valence-electron chi connectivity index (χ3n) is 2.29. The molecule has 1 atom stereocenters. The lowest BCUT2D eigenvalue weighted by atomic mass is 10.4. The van der Waals surface area contributed by atoms with Gasteiger partial charge < -0.3 is 5.32 Å². The Kier molecular flexibility index (Phi) is 2.54. The molecule has 1 N–H and O–H groups in total. The molecule has 0 bridgehead atoms. The van der Waals surface area contributed by atoms with Crippen molar-refractivity contribution in [2.24, 2.45) is 5.92 Å². The number of aryl methyl sites for hydroxylation is 1. The Bertz CT molecular complexity index is 341. The Hall–Kier alpha value is -0.540. The third kappa shape index (κ3) is 2.28. The third-order valence-corrected chi connectivity index (χ3v) is 3.21. The summed E-state index contributed by atoms with van der Waals surface area (Å²) in [5.41, 5.74) is 0.946. The molecule has 76 valence electrons. The second-order valence-corrected chi connectivity index (χ2v) is 5.13. The second-order valence-electron chi connectivity index (χ2n) is 3.59. The summed E-state index contributed by atoms with van der Waals surface area (Å²) in [5, 5.41) is 3.18. The number of hydrogen-bond donors (Lipinski definition) is 1. The SMILES string of the molecule is Cc1cc(NCC2CC2(Cl)Cl)ncn1. The van der Waals surface area contributed by atoms with E-state index < -0.39 is 4.33 Å². The van der Waals surface area contributed by atoms with E-state index in [9.17, 15) is 0 Å². The Labute approximate surface area is 92.8 Å². The monoisotopic (exact) mass is 231 g/mol. The van der Waals surface area contributed by atoms with Crippen LogP contribution in [0.15, 0.2) is 12.4 Å². The fourth-order valence-electron chi connectivity index (χ4n) is 1.27. The summed E-state index contributed by atoms with van der Waals surface area (Å²) >= 11 is 11.8. The Morgan fingerprint density at radius 1 is 1.57 bits per heavy atom. The van der Waals surface area contributed by atoms with Crippen molar-refractivity contribution in [3.63, 3.8) is 0 Å². The van der Waals surface area contributed by atoms with E-state index in [1.807, 2.05) is 13.0 Å². The number of alkyl halides is 2. The van der Waals surface area contributed by atoms with Gasteiger partial charge in [-0.1, -0.05) is 0 Å². The maximum Gasteiger partial charge on any atom is 0.129 e. The number of halogens is 2. The lowest BCUT2D eigenvalue weighted by Crippen LogP contribution is -2.08. The van der Waals surface area contributed by atoms with Crippen molar-refractivity contribution in [2.45, 2.75) is 17.7 Å². The summed E-state index contributed by atoms with van der Waals surface area (Å²) in [6.45, 7) is 2.70. The molecule has 0 saturated heterocycles. The number of hydrogen-bond acceptors (Lipinski definition) is 3. The van der Waals surface area contributed by atoms with E-state index in [0.717, 1.165) is 24.5 Å². The molecule has 14 heavy (non-hydrogen) atoms. The van der Waals surface area contributed by atoms with Crippen molar-refractivity contribution >= 4 is 29.0 Å². The molecule has 0 amide bonds. The number of aromatic nitrogens is 2. The minimum absolute atomic E-state index is 0.334. The lowest BCUT2D eigenvalue weighted by Gasteiger charge is -2.05. The molecule has 1 aromatic heterocycles. The molecule has 0 aliphatic heterocycles. The van der Waals surface area contributed by atoms with Crippen LogP contribution in [0.1, 0.15) is 12.1 Å². The summed E-state index contributed by atoms with van der Waals surface area (Å²) < 4.78 is -0.519. The van der Waals surface area contributed by atoms with Crippen LogP contribution in [0, 0.1) is 12.8 Å². The van der Waals surface area contributed by atoms with E-state index in [-0.39, 0.29) is 0 Å². The van der Waals surface area contributed by atoms with Gasteiger partial charge in [0.05, 0.1) is 0 Å². The van der Waals surface area contributed by atoms with Crippen LogP contribution < -0.4 is 5.32 Å². The van der Waals surface area contributed by atoms with E-state index in [4.69, 9.17) is 23.2 Å². The smallest absolute Gasteiger partial charge is 0.129 e. The molecule has 1 unspecified atom stereocenters. The molecule has 1 aliphatic carbocycles. The molecule has 1 saturated carbocycles. The molecule has 0 radical (unpaired) electrons. The van der Waals surface area contributed by atoms with Crippen LogP contribution in [-0.4, -0.2) is 20.8 Å². The number of nitrogens with one attached hydrogen (secondary N) is 1. The fraction of sp³-hybridized carbons (Fsp3) is 0.556. The topological polar surface area (TPSA) is 37.8 Å². The van der Waals surface area contributed by atoms with Gasteiger partial charge in [-0.3, -0.25) is 0 Å². The average molecular weight is 232 g/mol. The summed E-state index contributed by atoms with van der Waals surface area (Å²) in [5.74, 6) is 1.16. The van der Waals surface area contributed by atoms with Gasteiger partial charge in [-0.2, -0.15) is 0 Å². The van der Waals surface area contributed by atoms with E-state index in [1.165, 1.54) is 0 Å². The fourth-order valence-corrected chi connectivity index (χ4v) is 1.80. The summed E-state index contributed by atoms with van der Waals surface area (Å²) in [7, 11) is 0. The first-order valence-corrected chi connectivity index (χ1v) is 5.24. The van der Waals surface area contributed by atoms with E-state index in [0.29, 0.717) is 5.92 Å². The van der Waals surface area contributed by atoms with Crippen LogP contribution >= 0.6 is 23.2 Å². The van der Waals surface area contributed by atoms with Crippen molar-refractivity contribution in [3.8, 4) is 0 Å². The first-order chi connectivity index (χ1) is 6.58.